The van der Waals surface area contributed by atoms with Gasteiger partial charge in [0.1, 0.15) is 0 Å². The Morgan fingerprint density at radius 3 is 1.77 bits per heavy atom. The predicted octanol–water partition coefficient (Wildman–Crippen LogP) is 4.47. The maximum atomic E-state index is 13.9. The van der Waals surface area contributed by atoms with E-state index in [1.807, 2.05) is 81.4 Å². The van der Waals surface area contributed by atoms with Gasteiger partial charge in [0.2, 0.25) is 0 Å². The normalized spacial score (nSPS) is 28.7. The van der Waals surface area contributed by atoms with Crippen molar-refractivity contribution < 1.29 is 14.3 Å². The molecule has 1 heterocycles. The highest BCUT2D eigenvalue weighted by Gasteiger charge is 2.76. The van der Waals surface area contributed by atoms with Crippen molar-refractivity contribution in [3.05, 3.63) is 60.7 Å². The molecule has 26 heavy (non-hydrogen) atoms. The lowest BCUT2D eigenvalue weighted by Gasteiger charge is -2.39. The van der Waals surface area contributed by atoms with E-state index in [9.17, 15) is 9.59 Å². The molecule has 0 radical (unpaired) electrons. The van der Waals surface area contributed by atoms with Crippen LogP contribution in [0.2, 0.25) is 0 Å². The van der Waals surface area contributed by atoms with Crippen molar-refractivity contribution in [2.75, 3.05) is 4.90 Å². The molecule has 1 saturated carbocycles. The Hall–Kier alpha value is -2.62. The fourth-order valence-corrected chi connectivity index (χ4v) is 4.44. The van der Waals surface area contributed by atoms with E-state index in [2.05, 4.69) is 0 Å². The van der Waals surface area contributed by atoms with Gasteiger partial charge in [0.05, 0.1) is 5.41 Å². The highest BCUT2D eigenvalue weighted by Crippen LogP contribution is 2.66. The van der Waals surface area contributed by atoms with E-state index >= 15 is 0 Å². The number of rotatable bonds is 3. The number of benzene rings is 2. The number of ether oxygens (including phenoxy) is 1. The van der Waals surface area contributed by atoms with Crippen molar-refractivity contribution in [2.45, 2.75) is 39.2 Å². The first kappa shape index (κ1) is 16.8. The van der Waals surface area contributed by atoms with Crippen molar-refractivity contribution in [2.24, 2.45) is 10.8 Å². The van der Waals surface area contributed by atoms with Gasteiger partial charge in [-0.3, -0.25) is 14.5 Å². The first-order valence-electron chi connectivity index (χ1n) is 9.02. The lowest BCUT2D eigenvalue weighted by Crippen LogP contribution is -2.53. The summed E-state index contributed by atoms with van der Waals surface area (Å²) in [5, 5.41) is 0. The van der Waals surface area contributed by atoms with E-state index in [1.165, 1.54) is 0 Å². The van der Waals surface area contributed by atoms with E-state index in [-0.39, 0.29) is 11.9 Å². The fraction of sp³-hybridized carbons (Fsp3) is 0.364. The molecular formula is C22H23NO3. The minimum Gasteiger partial charge on any atom is -0.448 e. The van der Waals surface area contributed by atoms with Crippen LogP contribution in [0.15, 0.2) is 60.7 Å². The number of esters is 1. The lowest BCUT2D eigenvalue weighted by molar-refractivity contribution is -0.166. The van der Waals surface area contributed by atoms with Gasteiger partial charge < -0.3 is 4.74 Å². The quantitative estimate of drug-likeness (QED) is 0.768. The average Bonchev–Trinajstić information content (AvgIpc) is 2.94. The molecule has 2 aromatic rings. The Kier molecular flexibility index (Phi) is 3.52. The van der Waals surface area contributed by atoms with E-state index in [4.69, 9.17) is 4.74 Å². The van der Waals surface area contributed by atoms with Crippen molar-refractivity contribution in [1.29, 1.82) is 0 Å². The zero-order valence-corrected chi connectivity index (χ0v) is 15.4. The van der Waals surface area contributed by atoms with Crippen molar-refractivity contribution in [1.82, 2.24) is 0 Å². The van der Waals surface area contributed by atoms with E-state index < -0.39 is 16.4 Å². The highest BCUT2D eigenvalue weighted by molar-refractivity contribution is 6.09. The third kappa shape index (κ3) is 1.96. The first-order valence-corrected chi connectivity index (χ1v) is 9.02. The Labute approximate surface area is 153 Å². The third-order valence-corrected chi connectivity index (χ3v) is 6.66. The Balaban J connectivity index is 1.86. The number of fused-ring (bicyclic) bond motifs is 2. The average molecular weight is 349 g/mol. The van der Waals surface area contributed by atoms with Gasteiger partial charge in [-0.2, -0.15) is 0 Å². The van der Waals surface area contributed by atoms with Crippen LogP contribution in [0.1, 0.15) is 33.6 Å². The second kappa shape index (κ2) is 5.44. The SMILES string of the molecule is CC1(C)[C@@]2(C)CC[C@@]1(C(=O)N(c1ccccc1)c1ccccc1)OC2=O. The molecule has 2 atom stereocenters. The van der Waals surface area contributed by atoms with Crippen LogP contribution in [0, 0.1) is 10.8 Å². The summed E-state index contributed by atoms with van der Waals surface area (Å²) in [5.74, 6) is -0.433. The van der Waals surface area contributed by atoms with Crippen LogP contribution in [0.3, 0.4) is 0 Å². The molecular weight excluding hydrogens is 326 g/mol. The van der Waals surface area contributed by atoms with Crippen LogP contribution < -0.4 is 4.90 Å². The third-order valence-electron chi connectivity index (χ3n) is 6.66. The lowest BCUT2D eigenvalue weighted by atomic mass is 9.66. The number of anilines is 2. The van der Waals surface area contributed by atoms with Gasteiger partial charge >= 0.3 is 5.97 Å². The van der Waals surface area contributed by atoms with Crippen LogP contribution in [0.25, 0.3) is 0 Å². The summed E-state index contributed by atoms with van der Waals surface area (Å²) in [7, 11) is 0. The molecule has 4 nitrogen and oxygen atoms in total. The Morgan fingerprint density at radius 2 is 1.38 bits per heavy atom. The summed E-state index contributed by atoms with van der Waals surface area (Å²) < 4.78 is 5.82. The Bertz CT molecular complexity index is 822. The molecule has 1 saturated heterocycles. The van der Waals surface area contributed by atoms with Crippen LogP contribution in [0.4, 0.5) is 11.4 Å². The number of hydrogen-bond acceptors (Lipinski definition) is 3. The molecule has 0 aromatic heterocycles. The molecule has 134 valence electrons. The molecule has 0 unspecified atom stereocenters. The van der Waals surface area contributed by atoms with Gasteiger partial charge in [-0.05, 0) is 44.0 Å². The second-order valence-corrected chi connectivity index (χ2v) is 7.99. The summed E-state index contributed by atoms with van der Waals surface area (Å²) in [4.78, 5) is 28.2. The summed E-state index contributed by atoms with van der Waals surface area (Å²) in [6, 6.07) is 19.1. The van der Waals surface area contributed by atoms with Crippen molar-refractivity contribution in [3.63, 3.8) is 0 Å². The maximum absolute atomic E-state index is 13.9. The molecule has 2 bridgehead atoms. The number of amides is 1. The summed E-state index contributed by atoms with van der Waals surface area (Å²) in [6.45, 7) is 5.89. The van der Waals surface area contributed by atoms with Crippen LogP contribution in [0.5, 0.6) is 0 Å². The number of hydrogen-bond donors (Lipinski definition) is 0. The molecule has 4 rings (SSSR count). The number of para-hydroxylation sites is 2. The van der Waals surface area contributed by atoms with E-state index in [0.29, 0.717) is 12.8 Å². The number of carbonyl (C=O) groups excluding carboxylic acids is 2. The number of nitrogens with zero attached hydrogens (tertiary/aromatic N) is 1. The molecule has 1 amide bonds. The summed E-state index contributed by atoms with van der Waals surface area (Å²) >= 11 is 0. The van der Waals surface area contributed by atoms with Gasteiger partial charge in [0, 0.05) is 16.8 Å². The minimum absolute atomic E-state index is 0.172. The molecule has 2 aromatic carbocycles. The zero-order chi connectivity index (χ0) is 18.6. The smallest absolute Gasteiger partial charge is 0.313 e. The topological polar surface area (TPSA) is 46.6 Å². The van der Waals surface area contributed by atoms with Gasteiger partial charge in [0.25, 0.3) is 5.91 Å². The van der Waals surface area contributed by atoms with Gasteiger partial charge in [-0.15, -0.1) is 0 Å². The van der Waals surface area contributed by atoms with E-state index in [1.54, 1.807) is 4.90 Å². The largest absolute Gasteiger partial charge is 0.448 e. The summed E-state index contributed by atoms with van der Waals surface area (Å²) in [5.41, 5.74) is -0.793. The molecule has 0 spiro atoms. The van der Waals surface area contributed by atoms with Crippen molar-refractivity contribution in [3.8, 4) is 0 Å². The number of carbonyl (C=O) groups is 2. The molecule has 0 N–H and O–H groups in total. The predicted molar refractivity (Wildman–Crippen MR) is 100.0 cm³/mol. The molecule has 4 heteroatoms. The molecule has 2 aliphatic rings. The monoisotopic (exact) mass is 349 g/mol. The van der Waals surface area contributed by atoms with E-state index in [0.717, 1.165) is 11.4 Å². The molecule has 1 aliphatic heterocycles. The highest BCUT2D eigenvalue weighted by atomic mass is 16.6. The maximum Gasteiger partial charge on any atom is 0.313 e. The fourth-order valence-electron chi connectivity index (χ4n) is 4.44. The van der Waals surface area contributed by atoms with Gasteiger partial charge in [-0.1, -0.05) is 50.2 Å². The Morgan fingerprint density at radius 1 is 0.885 bits per heavy atom. The zero-order valence-electron chi connectivity index (χ0n) is 15.4. The molecule has 1 aliphatic carbocycles. The van der Waals surface area contributed by atoms with Crippen molar-refractivity contribution >= 4 is 23.3 Å². The second-order valence-electron chi connectivity index (χ2n) is 7.99. The molecule has 2 fully saturated rings. The van der Waals surface area contributed by atoms with Crippen LogP contribution in [-0.4, -0.2) is 17.5 Å². The minimum atomic E-state index is -1.13. The standard InChI is InChI=1S/C22H23NO3/c1-20(2)21(3)14-15-22(20,26-19(21)25)18(24)23(16-10-6-4-7-11-16)17-12-8-5-9-13-17/h4-13H,14-15H2,1-3H3/t21-,22-/m0/s1. The summed E-state index contributed by atoms with van der Waals surface area (Å²) in [6.07, 6.45) is 1.22. The van der Waals surface area contributed by atoms with Crippen LogP contribution >= 0.6 is 0 Å². The van der Waals surface area contributed by atoms with Gasteiger partial charge in [-0.25, -0.2) is 0 Å². The van der Waals surface area contributed by atoms with Gasteiger partial charge in [0.15, 0.2) is 5.60 Å². The van der Waals surface area contributed by atoms with Crippen LogP contribution in [-0.2, 0) is 14.3 Å². The first-order chi connectivity index (χ1) is 12.3.